The van der Waals surface area contributed by atoms with Gasteiger partial charge in [0.05, 0.1) is 10.7 Å². The van der Waals surface area contributed by atoms with Gasteiger partial charge in [-0.3, -0.25) is 0 Å². The molecule has 0 radical (unpaired) electrons. The molecule has 1 aliphatic carbocycles. The summed E-state index contributed by atoms with van der Waals surface area (Å²) in [5, 5.41) is 5.20. The summed E-state index contributed by atoms with van der Waals surface area (Å²) in [6, 6.07) is 3.79. The minimum absolute atomic E-state index is 0.530. The summed E-state index contributed by atoms with van der Waals surface area (Å²) in [5.74, 6) is 0. The summed E-state index contributed by atoms with van der Waals surface area (Å²) in [6.07, 6.45) is 8.93. The Labute approximate surface area is 128 Å². The average Bonchev–Trinajstić information content (AvgIpc) is 2.86. The van der Waals surface area contributed by atoms with Crippen LogP contribution in [0.4, 0.5) is 5.69 Å². The Bertz CT molecular complexity index is 559. The van der Waals surface area contributed by atoms with E-state index in [1.807, 2.05) is 23.5 Å². The van der Waals surface area contributed by atoms with E-state index in [4.69, 9.17) is 16.6 Å². The van der Waals surface area contributed by atoms with Crippen LogP contribution in [0.3, 0.4) is 0 Å². The molecule has 3 rings (SSSR count). The van der Waals surface area contributed by atoms with Gasteiger partial charge in [-0.15, -0.1) is 11.3 Å². The summed E-state index contributed by atoms with van der Waals surface area (Å²) in [5.41, 5.74) is 2.40. The monoisotopic (exact) mass is 307 g/mol. The highest BCUT2D eigenvalue weighted by Gasteiger charge is 2.14. The van der Waals surface area contributed by atoms with E-state index in [-0.39, 0.29) is 0 Å². The van der Waals surface area contributed by atoms with E-state index in [9.17, 15) is 0 Å². The Balaban J connectivity index is 1.47. The fourth-order valence-electron chi connectivity index (χ4n) is 2.50. The molecule has 106 valence electrons. The number of hydrogen-bond acceptors (Lipinski definition) is 4. The van der Waals surface area contributed by atoms with Gasteiger partial charge in [0.15, 0.2) is 0 Å². The quantitative estimate of drug-likeness (QED) is 0.667. The van der Waals surface area contributed by atoms with E-state index >= 15 is 0 Å². The number of anilines is 1. The number of nitrogens with zero attached hydrogens (tertiary/aromatic N) is 2. The van der Waals surface area contributed by atoms with Gasteiger partial charge in [0.1, 0.15) is 5.15 Å². The first-order chi connectivity index (χ1) is 9.81. The van der Waals surface area contributed by atoms with Gasteiger partial charge in [0, 0.05) is 29.7 Å². The third-order valence-corrected chi connectivity index (χ3v) is 4.94. The molecule has 1 aliphatic rings. The normalized spacial score (nSPS) is 14.1. The van der Waals surface area contributed by atoms with Crippen LogP contribution in [-0.2, 0) is 19.3 Å². The Kier molecular flexibility index (Phi) is 4.53. The van der Waals surface area contributed by atoms with Crippen LogP contribution in [0.2, 0.25) is 5.15 Å². The highest BCUT2D eigenvalue weighted by molar-refractivity contribution is 7.11. The Hall–Kier alpha value is -1.13. The van der Waals surface area contributed by atoms with Crippen molar-refractivity contribution in [3.63, 3.8) is 0 Å². The number of halogens is 1. The summed E-state index contributed by atoms with van der Waals surface area (Å²) in [6.45, 7) is 0.935. The second-order valence-corrected chi connectivity index (χ2v) is 6.64. The van der Waals surface area contributed by atoms with Gasteiger partial charge in [-0.2, -0.15) is 0 Å². The van der Waals surface area contributed by atoms with Crippen molar-refractivity contribution in [1.82, 2.24) is 9.97 Å². The number of thiazole rings is 1. The molecule has 0 atom stereocenters. The highest BCUT2D eigenvalue weighted by Crippen LogP contribution is 2.27. The molecule has 1 N–H and O–H groups in total. The van der Waals surface area contributed by atoms with Crippen molar-refractivity contribution in [2.75, 3.05) is 11.9 Å². The number of nitrogens with one attached hydrogen (secondary N) is 1. The zero-order valence-corrected chi connectivity index (χ0v) is 12.9. The maximum Gasteiger partial charge on any atom is 0.131 e. The molecule has 0 saturated carbocycles. The lowest BCUT2D eigenvalue weighted by Gasteiger charge is -2.06. The standard InChI is InChI=1S/C15H18ClN3S/c16-14-10-11(7-9-18-14)17-8-3-6-15-19-12-4-1-2-5-13(12)20-15/h7,9-10H,1-6,8H2,(H,17,18). The van der Waals surface area contributed by atoms with Crippen molar-refractivity contribution >= 4 is 28.6 Å². The summed E-state index contributed by atoms with van der Waals surface area (Å²) in [4.78, 5) is 10.3. The molecule has 3 nitrogen and oxygen atoms in total. The number of hydrogen-bond donors (Lipinski definition) is 1. The zero-order valence-electron chi connectivity index (χ0n) is 11.4. The second kappa shape index (κ2) is 6.55. The fourth-order valence-corrected chi connectivity index (χ4v) is 3.87. The van der Waals surface area contributed by atoms with E-state index < -0.39 is 0 Å². The molecular formula is C15H18ClN3S. The summed E-state index contributed by atoms with van der Waals surface area (Å²) >= 11 is 7.77. The van der Waals surface area contributed by atoms with Crippen LogP contribution >= 0.6 is 22.9 Å². The van der Waals surface area contributed by atoms with Gasteiger partial charge in [-0.1, -0.05) is 11.6 Å². The molecule has 0 fully saturated rings. The molecule has 0 aromatic carbocycles. The van der Waals surface area contributed by atoms with Crippen LogP contribution in [0.25, 0.3) is 0 Å². The lowest BCUT2D eigenvalue weighted by atomic mass is 10.0. The molecule has 5 heteroatoms. The van der Waals surface area contributed by atoms with Crippen LogP contribution in [-0.4, -0.2) is 16.5 Å². The lowest BCUT2D eigenvalue weighted by Crippen LogP contribution is -2.03. The number of fused-ring (bicyclic) bond motifs is 1. The molecule has 0 spiro atoms. The van der Waals surface area contributed by atoms with Gasteiger partial charge >= 0.3 is 0 Å². The van der Waals surface area contributed by atoms with Gasteiger partial charge in [-0.25, -0.2) is 9.97 Å². The third kappa shape index (κ3) is 3.49. The average molecular weight is 308 g/mol. The first kappa shape index (κ1) is 13.8. The first-order valence-corrected chi connectivity index (χ1v) is 8.33. The molecule has 0 amide bonds. The number of rotatable bonds is 5. The maximum absolute atomic E-state index is 5.85. The highest BCUT2D eigenvalue weighted by atomic mass is 35.5. The summed E-state index contributed by atoms with van der Waals surface area (Å²) < 4.78 is 0. The molecule has 20 heavy (non-hydrogen) atoms. The summed E-state index contributed by atoms with van der Waals surface area (Å²) in [7, 11) is 0. The van der Waals surface area contributed by atoms with Crippen molar-refractivity contribution in [1.29, 1.82) is 0 Å². The molecule has 0 unspecified atom stereocenters. The molecule has 2 aromatic rings. The van der Waals surface area contributed by atoms with E-state index in [2.05, 4.69) is 10.3 Å². The van der Waals surface area contributed by atoms with Crippen molar-refractivity contribution in [3.8, 4) is 0 Å². The van der Waals surface area contributed by atoms with Crippen molar-refractivity contribution < 1.29 is 0 Å². The lowest BCUT2D eigenvalue weighted by molar-refractivity contribution is 0.679. The largest absolute Gasteiger partial charge is 0.385 e. The van der Waals surface area contributed by atoms with Crippen LogP contribution < -0.4 is 5.32 Å². The fraction of sp³-hybridized carbons (Fsp3) is 0.467. The van der Waals surface area contributed by atoms with E-state index in [1.165, 1.54) is 41.3 Å². The van der Waals surface area contributed by atoms with Gasteiger partial charge in [0.25, 0.3) is 0 Å². The van der Waals surface area contributed by atoms with E-state index in [0.29, 0.717) is 5.15 Å². The smallest absolute Gasteiger partial charge is 0.131 e. The van der Waals surface area contributed by atoms with Crippen molar-refractivity contribution in [3.05, 3.63) is 39.1 Å². The van der Waals surface area contributed by atoms with E-state index in [1.54, 1.807) is 6.20 Å². The molecule has 2 aromatic heterocycles. The zero-order chi connectivity index (χ0) is 13.8. The van der Waals surface area contributed by atoms with Gasteiger partial charge in [-0.05, 0) is 44.2 Å². The minimum Gasteiger partial charge on any atom is -0.385 e. The van der Waals surface area contributed by atoms with Crippen LogP contribution in [0.5, 0.6) is 0 Å². The van der Waals surface area contributed by atoms with Crippen molar-refractivity contribution in [2.24, 2.45) is 0 Å². The molecule has 0 saturated heterocycles. The van der Waals surface area contributed by atoms with Crippen molar-refractivity contribution in [2.45, 2.75) is 38.5 Å². The molecule has 0 aliphatic heterocycles. The predicted molar refractivity (Wildman–Crippen MR) is 84.8 cm³/mol. The SMILES string of the molecule is Clc1cc(NCCCc2nc3c(s2)CCCC3)ccn1. The Morgan fingerprint density at radius 1 is 1.30 bits per heavy atom. The molecule has 0 bridgehead atoms. The topological polar surface area (TPSA) is 37.8 Å². The second-order valence-electron chi connectivity index (χ2n) is 5.08. The number of aryl methyl sites for hydroxylation is 3. The molecule has 2 heterocycles. The Morgan fingerprint density at radius 2 is 2.20 bits per heavy atom. The van der Waals surface area contributed by atoms with Gasteiger partial charge < -0.3 is 5.32 Å². The van der Waals surface area contributed by atoms with Crippen LogP contribution in [0, 0.1) is 0 Å². The third-order valence-electron chi connectivity index (χ3n) is 3.51. The Morgan fingerprint density at radius 3 is 3.05 bits per heavy atom. The maximum atomic E-state index is 5.85. The van der Waals surface area contributed by atoms with E-state index in [0.717, 1.165) is 25.1 Å². The van der Waals surface area contributed by atoms with Gasteiger partial charge in [0.2, 0.25) is 0 Å². The predicted octanol–water partition coefficient (Wildman–Crippen LogP) is 4.12. The van der Waals surface area contributed by atoms with Crippen LogP contribution in [0.1, 0.15) is 34.8 Å². The first-order valence-electron chi connectivity index (χ1n) is 7.14. The number of pyridine rings is 1. The minimum atomic E-state index is 0.530. The molecular weight excluding hydrogens is 290 g/mol. The number of aromatic nitrogens is 2. The van der Waals surface area contributed by atoms with Crippen LogP contribution in [0.15, 0.2) is 18.3 Å².